The highest BCUT2D eigenvalue weighted by Crippen LogP contribution is 2.52. The van der Waals surface area contributed by atoms with E-state index in [9.17, 15) is 0 Å². The molecule has 0 saturated heterocycles. The van der Waals surface area contributed by atoms with Crippen LogP contribution in [0.2, 0.25) is 0 Å². The Kier molecular flexibility index (Phi) is 8.46. The third kappa shape index (κ3) is 7.90. The van der Waals surface area contributed by atoms with E-state index >= 15 is 0 Å². The molecule has 0 aliphatic rings. The minimum Gasteiger partial charge on any atom is -0.331 e. The Hall–Kier alpha value is 1.27. The molecule has 0 fully saturated rings. The smallest absolute Gasteiger partial charge is 0.183 e. The lowest BCUT2D eigenvalue weighted by Gasteiger charge is -2.14. The van der Waals surface area contributed by atoms with Gasteiger partial charge in [-0.3, -0.25) is 5.50 Å². The summed E-state index contributed by atoms with van der Waals surface area (Å²) < 4.78 is 5.27. The van der Waals surface area contributed by atoms with Crippen molar-refractivity contribution in [3.05, 3.63) is 0 Å². The molecule has 0 heterocycles. The largest absolute Gasteiger partial charge is 0.331 e. The second-order valence-corrected chi connectivity index (χ2v) is 10.1. The Bertz CT molecular complexity index is 156. The molecule has 0 aliphatic heterocycles. The summed E-state index contributed by atoms with van der Waals surface area (Å²) >= 11 is 8.62. The summed E-state index contributed by atoms with van der Waals surface area (Å²) in [4.78, 5) is 0. The maximum absolute atomic E-state index is 5.77. The highest BCUT2D eigenvalue weighted by atomic mass is 32.9. The summed E-state index contributed by atoms with van der Waals surface area (Å²) in [5, 5.41) is 0. The molecule has 1 unspecified atom stereocenters. The SMILES string of the molecule is CCOP(N)(=S)SCCSCC. The van der Waals surface area contributed by atoms with Crippen LogP contribution in [0.1, 0.15) is 13.8 Å². The third-order valence-electron chi connectivity index (χ3n) is 1.01. The van der Waals surface area contributed by atoms with Crippen LogP contribution in [-0.4, -0.2) is 23.9 Å². The first-order valence-electron chi connectivity index (χ1n) is 3.87. The minimum atomic E-state index is -2.00. The molecule has 0 radical (unpaired) electrons. The number of hydrogen-bond donors (Lipinski definition) is 1. The fraction of sp³-hybridized carbons (Fsp3) is 1.00. The first-order valence-corrected chi connectivity index (χ1v) is 9.41. The number of rotatable bonds is 7. The normalized spacial score (nSPS) is 15.9. The Morgan fingerprint density at radius 2 is 2.08 bits per heavy atom. The van der Waals surface area contributed by atoms with Crippen molar-refractivity contribution in [3.63, 3.8) is 0 Å². The van der Waals surface area contributed by atoms with E-state index in [1.165, 1.54) is 0 Å². The number of thioether (sulfide) groups is 1. The Morgan fingerprint density at radius 3 is 2.58 bits per heavy atom. The average Bonchev–Trinajstić information content (AvgIpc) is 1.98. The van der Waals surface area contributed by atoms with Gasteiger partial charge < -0.3 is 4.52 Å². The van der Waals surface area contributed by atoms with Crippen molar-refractivity contribution in [2.45, 2.75) is 13.8 Å². The first-order chi connectivity index (χ1) is 5.62. The molecule has 0 aliphatic carbocycles. The fourth-order valence-electron chi connectivity index (χ4n) is 0.585. The van der Waals surface area contributed by atoms with Crippen LogP contribution < -0.4 is 5.50 Å². The molecule has 1 atom stereocenters. The van der Waals surface area contributed by atoms with Gasteiger partial charge in [0.25, 0.3) is 0 Å². The summed E-state index contributed by atoms with van der Waals surface area (Å²) in [5.74, 6) is 3.28. The van der Waals surface area contributed by atoms with Crippen LogP contribution in [0.3, 0.4) is 0 Å². The van der Waals surface area contributed by atoms with Crippen molar-refractivity contribution in [2.24, 2.45) is 5.50 Å². The highest BCUT2D eigenvalue weighted by molar-refractivity contribution is 8.68. The van der Waals surface area contributed by atoms with E-state index in [2.05, 4.69) is 6.92 Å². The summed E-state index contributed by atoms with van der Waals surface area (Å²) in [7, 11) is 0. The molecule has 74 valence electrons. The van der Waals surface area contributed by atoms with Gasteiger partial charge in [-0.1, -0.05) is 18.3 Å². The molecule has 0 aromatic carbocycles. The van der Waals surface area contributed by atoms with Crippen molar-refractivity contribution in [2.75, 3.05) is 23.9 Å². The maximum atomic E-state index is 5.77. The Balaban J connectivity index is 3.41. The van der Waals surface area contributed by atoms with Gasteiger partial charge in [-0.25, -0.2) is 0 Å². The summed E-state index contributed by atoms with van der Waals surface area (Å²) in [6, 6.07) is 0. The lowest BCUT2D eigenvalue weighted by molar-refractivity contribution is 0.385. The standard InChI is InChI=1S/C6H16NOPS3/c1-3-8-9(7,10)12-6-5-11-4-2/h3-6H2,1-2H3,(H2,7,10). The summed E-state index contributed by atoms with van der Waals surface area (Å²) in [6.45, 7) is 4.70. The predicted molar refractivity (Wildman–Crippen MR) is 65.6 cm³/mol. The Morgan fingerprint density at radius 1 is 1.42 bits per heavy atom. The maximum Gasteiger partial charge on any atom is 0.183 e. The molecule has 0 rings (SSSR count). The highest BCUT2D eigenvalue weighted by Gasteiger charge is 2.09. The quantitative estimate of drug-likeness (QED) is 0.551. The zero-order valence-electron chi connectivity index (χ0n) is 7.49. The molecule has 12 heavy (non-hydrogen) atoms. The second kappa shape index (κ2) is 7.65. The zero-order valence-corrected chi connectivity index (χ0v) is 10.8. The minimum absolute atomic E-state index is 0.627. The van der Waals surface area contributed by atoms with Crippen LogP contribution in [-0.2, 0) is 16.3 Å². The predicted octanol–water partition coefficient (Wildman–Crippen LogP) is 2.69. The fourth-order valence-corrected chi connectivity index (χ4v) is 5.29. The molecule has 0 aromatic heterocycles. The van der Waals surface area contributed by atoms with Crippen molar-refractivity contribution in [1.82, 2.24) is 0 Å². The van der Waals surface area contributed by atoms with Gasteiger partial charge in [0.1, 0.15) is 0 Å². The topological polar surface area (TPSA) is 35.2 Å². The van der Waals surface area contributed by atoms with E-state index in [1.54, 1.807) is 11.4 Å². The van der Waals surface area contributed by atoms with Crippen LogP contribution in [0.4, 0.5) is 0 Å². The van der Waals surface area contributed by atoms with Gasteiger partial charge in [-0.2, -0.15) is 11.8 Å². The van der Waals surface area contributed by atoms with Gasteiger partial charge in [-0.05, 0) is 24.5 Å². The Labute approximate surface area is 88.3 Å². The van der Waals surface area contributed by atoms with Gasteiger partial charge in [0, 0.05) is 11.5 Å². The molecule has 0 spiro atoms. The van der Waals surface area contributed by atoms with Crippen molar-refractivity contribution in [3.8, 4) is 0 Å². The van der Waals surface area contributed by atoms with E-state index in [0.717, 1.165) is 17.3 Å². The molecular weight excluding hydrogens is 229 g/mol. The zero-order chi connectivity index (χ0) is 9.45. The van der Waals surface area contributed by atoms with Crippen LogP contribution in [0.15, 0.2) is 0 Å². The van der Waals surface area contributed by atoms with Crippen LogP contribution >= 0.6 is 28.8 Å². The number of nitrogens with two attached hydrogens (primary N) is 1. The van der Waals surface area contributed by atoms with Crippen LogP contribution in [0.25, 0.3) is 0 Å². The molecule has 2 N–H and O–H groups in total. The van der Waals surface area contributed by atoms with E-state index in [0.29, 0.717) is 6.61 Å². The van der Waals surface area contributed by atoms with E-state index in [-0.39, 0.29) is 0 Å². The van der Waals surface area contributed by atoms with Gasteiger partial charge >= 0.3 is 0 Å². The van der Waals surface area contributed by atoms with E-state index in [1.807, 2.05) is 18.7 Å². The lowest BCUT2D eigenvalue weighted by Crippen LogP contribution is -1.97. The molecular formula is C6H16NOPS3. The van der Waals surface area contributed by atoms with E-state index < -0.39 is 5.62 Å². The first kappa shape index (κ1) is 13.3. The molecule has 0 aromatic rings. The van der Waals surface area contributed by atoms with Crippen LogP contribution in [0, 0.1) is 0 Å². The van der Waals surface area contributed by atoms with Gasteiger partial charge in [0.05, 0.1) is 6.61 Å². The molecule has 0 bridgehead atoms. The van der Waals surface area contributed by atoms with Gasteiger partial charge in [0.15, 0.2) is 5.62 Å². The summed E-state index contributed by atoms with van der Waals surface area (Å²) in [5.41, 5.74) is 3.77. The lowest BCUT2D eigenvalue weighted by atomic mass is 10.9. The van der Waals surface area contributed by atoms with Crippen molar-refractivity contribution >= 4 is 40.6 Å². The average molecular weight is 245 g/mol. The van der Waals surface area contributed by atoms with Crippen LogP contribution in [0.5, 0.6) is 0 Å². The van der Waals surface area contributed by atoms with Gasteiger partial charge in [-0.15, -0.1) is 0 Å². The second-order valence-electron chi connectivity index (χ2n) is 1.99. The molecule has 2 nitrogen and oxygen atoms in total. The third-order valence-corrected chi connectivity index (χ3v) is 6.74. The number of hydrogen-bond acceptors (Lipinski definition) is 4. The molecule has 6 heteroatoms. The molecule has 0 saturated carbocycles. The van der Waals surface area contributed by atoms with Crippen molar-refractivity contribution < 1.29 is 4.52 Å². The monoisotopic (exact) mass is 245 g/mol. The van der Waals surface area contributed by atoms with E-state index in [4.69, 9.17) is 21.8 Å². The van der Waals surface area contributed by atoms with Crippen molar-refractivity contribution in [1.29, 1.82) is 0 Å². The van der Waals surface area contributed by atoms with Gasteiger partial charge in [0.2, 0.25) is 0 Å². The summed E-state index contributed by atoms with van der Waals surface area (Å²) in [6.07, 6.45) is 0. The molecule has 0 amide bonds.